The normalized spacial score (nSPS) is 21.6. The Morgan fingerprint density at radius 3 is 2.40 bits per heavy atom. The van der Waals surface area contributed by atoms with Gasteiger partial charge in [-0.05, 0) is 63.1 Å². The second kappa shape index (κ2) is 8.30. The molecule has 2 heterocycles. The van der Waals surface area contributed by atoms with E-state index in [-0.39, 0.29) is 23.5 Å². The van der Waals surface area contributed by atoms with E-state index in [1.54, 1.807) is 47.5 Å². The first-order valence-electron chi connectivity index (χ1n) is 10.5. The molecule has 0 bridgehead atoms. The Morgan fingerprint density at radius 1 is 1.10 bits per heavy atom. The van der Waals surface area contributed by atoms with Crippen LogP contribution in [-0.4, -0.2) is 38.8 Å². The number of rotatable bonds is 5. The standard InChI is InChI=1S/C24H26N2O4/c1-15(2)30-18-12-10-16(11-13-18)22(27)20-21(19-9-5-6-14-25-19)26(24(29)23(20)28)17-7-3-4-8-17/h5-6,9-15,17,21,27H,3-4,7-8H2,1-2H3/b22-20-. The maximum Gasteiger partial charge on any atom is 0.295 e. The minimum absolute atomic E-state index is 0.0134. The molecule has 30 heavy (non-hydrogen) atoms. The number of carbonyl (C=O) groups excluding carboxylic acids is 2. The highest BCUT2D eigenvalue weighted by Crippen LogP contribution is 2.42. The minimum atomic E-state index is -0.680. The topological polar surface area (TPSA) is 79.7 Å². The monoisotopic (exact) mass is 406 g/mol. The van der Waals surface area contributed by atoms with E-state index in [1.807, 2.05) is 19.9 Å². The van der Waals surface area contributed by atoms with Crippen molar-refractivity contribution in [3.8, 4) is 5.75 Å². The number of Topliss-reactive ketones (excluding diaryl/α,β-unsaturated/α-hetero) is 1. The maximum atomic E-state index is 13.0. The number of hydrogen-bond acceptors (Lipinski definition) is 5. The lowest BCUT2D eigenvalue weighted by atomic mass is 9.97. The van der Waals surface area contributed by atoms with Crippen molar-refractivity contribution in [2.75, 3.05) is 0 Å². The number of hydrogen-bond donors (Lipinski definition) is 1. The third kappa shape index (κ3) is 3.70. The van der Waals surface area contributed by atoms with Crippen LogP contribution in [0.3, 0.4) is 0 Å². The van der Waals surface area contributed by atoms with E-state index in [2.05, 4.69) is 4.98 Å². The number of ketones is 1. The second-order valence-electron chi connectivity index (χ2n) is 8.09. The fourth-order valence-electron chi connectivity index (χ4n) is 4.36. The van der Waals surface area contributed by atoms with Gasteiger partial charge in [0.2, 0.25) is 0 Å². The number of pyridine rings is 1. The van der Waals surface area contributed by atoms with Gasteiger partial charge in [-0.15, -0.1) is 0 Å². The summed E-state index contributed by atoms with van der Waals surface area (Å²) in [6.45, 7) is 3.87. The number of nitrogens with zero attached hydrogens (tertiary/aromatic N) is 2. The van der Waals surface area contributed by atoms with Crippen molar-refractivity contribution in [3.63, 3.8) is 0 Å². The molecule has 1 N–H and O–H groups in total. The molecule has 2 aliphatic rings. The minimum Gasteiger partial charge on any atom is -0.507 e. The van der Waals surface area contributed by atoms with Crippen molar-refractivity contribution in [3.05, 3.63) is 65.5 Å². The molecule has 1 saturated heterocycles. The smallest absolute Gasteiger partial charge is 0.295 e. The highest BCUT2D eigenvalue weighted by Gasteiger charge is 2.49. The molecular formula is C24H26N2O4. The molecule has 6 heteroatoms. The van der Waals surface area contributed by atoms with Gasteiger partial charge in [0.05, 0.1) is 17.4 Å². The number of likely N-dealkylation sites (tertiary alicyclic amines) is 1. The maximum absolute atomic E-state index is 13.0. The SMILES string of the molecule is CC(C)Oc1ccc(/C(O)=C2/C(=O)C(=O)N(C3CCCC3)C2c2ccccn2)cc1. The van der Waals surface area contributed by atoms with Crippen LogP contribution in [0.5, 0.6) is 5.75 Å². The first-order valence-corrected chi connectivity index (χ1v) is 10.5. The Morgan fingerprint density at radius 2 is 1.80 bits per heavy atom. The Hall–Kier alpha value is -3.15. The third-order valence-electron chi connectivity index (χ3n) is 5.67. The molecule has 156 valence electrons. The summed E-state index contributed by atoms with van der Waals surface area (Å²) in [6, 6.07) is 11.6. The highest BCUT2D eigenvalue weighted by molar-refractivity contribution is 6.46. The zero-order chi connectivity index (χ0) is 21.3. The molecule has 2 fully saturated rings. The number of benzene rings is 1. The average molecular weight is 406 g/mol. The fraction of sp³-hybridized carbons (Fsp3) is 0.375. The molecule has 1 aromatic heterocycles. The van der Waals surface area contributed by atoms with Crippen molar-refractivity contribution >= 4 is 17.4 Å². The Kier molecular flexibility index (Phi) is 5.57. The molecule has 2 aromatic rings. The van der Waals surface area contributed by atoms with Gasteiger partial charge in [-0.3, -0.25) is 14.6 Å². The van der Waals surface area contributed by atoms with Gasteiger partial charge in [-0.1, -0.05) is 18.9 Å². The largest absolute Gasteiger partial charge is 0.507 e. The molecule has 4 rings (SSSR count). The molecule has 1 aliphatic heterocycles. The third-order valence-corrected chi connectivity index (χ3v) is 5.67. The lowest BCUT2D eigenvalue weighted by Crippen LogP contribution is -2.37. The quantitative estimate of drug-likeness (QED) is 0.457. The van der Waals surface area contributed by atoms with Crippen LogP contribution in [0.1, 0.15) is 56.8 Å². The lowest BCUT2D eigenvalue weighted by molar-refractivity contribution is -0.141. The summed E-state index contributed by atoms with van der Waals surface area (Å²) in [4.78, 5) is 32.1. The number of ether oxygens (including phenoxy) is 1. The molecule has 0 spiro atoms. The highest BCUT2D eigenvalue weighted by atomic mass is 16.5. The van der Waals surface area contributed by atoms with Crippen molar-refractivity contribution in [1.82, 2.24) is 9.88 Å². The first-order chi connectivity index (χ1) is 14.5. The van der Waals surface area contributed by atoms with E-state index in [0.717, 1.165) is 25.7 Å². The van der Waals surface area contributed by atoms with Gasteiger partial charge >= 0.3 is 0 Å². The molecule has 1 saturated carbocycles. The van der Waals surface area contributed by atoms with Gasteiger partial charge in [0.1, 0.15) is 17.6 Å². The van der Waals surface area contributed by atoms with E-state index in [4.69, 9.17) is 4.74 Å². The summed E-state index contributed by atoms with van der Waals surface area (Å²) >= 11 is 0. The zero-order valence-electron chi connectivity index (χ0n) is 17.2. The van der Waals surface area contributed by atoms with E-state index in [0.29, 0.717) is 17.0 Å². The van der Waals surface area contributed by atoms with Crippen LogP contribution >= 0.6 is 0 Å². The van der Waals surface area contributed by atoms with Crippen molar-refractivity contribution < 1.29 is 19.4 Å². The van der Waals surface area contributed by atoms with Gasteiger partial charge < -0.3 is 14.7 Å². The van der Waals surface area contributed by atoms with Crippen LogP contribution in [0.25, 0.3) is 5.76 Å². The van der Waals surface area contributed by atoms with Crippen LogP contribution < -0.4 is 4.74 Å². The van der Waals surface area contributed by atoms with E-state index in [9.17, 15) is 14.7 Å². The fourth-order valence-corrected chi connectivity index (χ4v) is 4.36. The summed E-state index contributed by atoms with van der Waals surface area (Å²) in [5.74, 6) is -0.716. The molecule has 1 atom stereocenters. The van der Waals surface area contributed by atoms with Crippen molar-refractivity contribution in [2.24, 2.45) is 0 Å². The van der Waals surface area contributed by atoms with Gasteiger partial charge in [-0.25, -0.2) is 0 Å². The van der Waals surface area contributed by atoms with Crippen LogP contribution in [0, 0.1) is 0 Å². The Labute approximate surface area is 176 Å². The summed E-state index contributed by atoms with van der Waals surface area (Å²) < 4.78 is 5.65. The summed E-state index contributed by atoms with van der Waals surface area (Å²) in [5, 5.41) is 11.1. The molecule has 1 aromatic carbocycles. The van der Waals surface area contributed by atoms with Gasteiger partial charge in [0, 0.05) is 17.8 Å². The van der Waals surface area contributed by atoms with Crippen LogP contribution in [0.4, 0.5) is 0 Å². The average Bonchev–Trinajstić information content (AvgIpc) is 3.35. The van der Waals surface area contributed by atoms with Crippen LogP contribution in [0.2, 0.25) is 0 Å². The van der Waals surface area contributed by atoms with Gasteiger partial charge in [0.15, 0.2) is 0 Å². The van der Waals surface area contributed by atoms with E-state index >= 15 is 0 Å². The Balaban J connectivity index is 1.79. The number of aliphatic hydroxyl groups excluding tert-OH is 1. The van der Waals surface area contributed by atoms with Crippen LogP contribution in [-0.2, 0) is 9.59 Å². The molecule has 1 amide bonds. The Bertz CT molecular complexity index is 960. The summed E-state index contributed by atoms with van der Waals surface area (Å²) in [5.41, 5.74) is 1.16. The second-order valence-corrected chi connectivity index (χ2v) is 8.09. The van der Waals surface area contributed by atoms with Gasteiger partial charge in [0.25, 0.3) is 11.7 Å². The van der Waals surface area contributed by atoms with Crippen molar-refractivity contribution in [2.45, 2.75) is 57.7 Å². The molecule has 0 radical (unpaired) electrons. The van der Waals surface area contributed by atoms with E-state index < -0.39 is 17.7 Å². The lowest BCUT2D eigenvalue weighted by Gasteiger charge is -2.30. The number of aliphatic hydroxyl groups is 1. The first kappa shape index (κ1) is 20.1. The predicted molar refractivity (Wildman–Crippen MR) is 113 cm³/mol. The summed E-state index contributed by atoms with van der Waals surface area (Å²) in [6.07, 6.45) is 5.45. The van der Waals surface area contributed by atoms with Crippen molar-refractivity contribution in [1.29, 1.82) is 0 Å². The summed E-state index contributed by atoms with van der Waals surface area (Å²) in [7, 11) is 0. The number of amides is 1. The number of aromatic nitrogens is 1. The van der Waals surface area contributed by atoms with Crippen LogP contribution in [0.15, 0.2) is 54.2 Å². The zero-order valence-corrected chi connectivity index (χ0v) is 17.2. The number of carbonyl (C=O) groups is 2. The molecular weight excluding hydrogens is 380 g/mol. The molecule has 1 aliphatic carbocycles. The van der Waals surface area contributed by atoms with E-state index in [1.165, 1.54) is 0 Å². The molecule has 6 nitrogen and oxygen atoms in total. The molecule has 1 unspecified atom stereocenters. The predicted octanol–water partition coefficient (Wildman–Crippen LogP) is 4.23. The van der Waals surface area contributed by atoms with Gasteiger partial charge in [-0.2, -0.15) is 0 Å².